The van der Waals surface area contributed by atoms with Gasteiger partial charge >= 0.3 is 0 Å². The second kappa shape index (κ2) is 6.37. The van der Waals surface area contributed by atoms with Gasteiger partial charge in [0, 0.05) is 6.54 Å². The average molecular weight is 307 g/mol. The standard InChI is InChI=1S/C17H13N3OS/c18-10-13(16(21)19-11-12-6-2-1-3-7-12)17-20-14-8-4-5-9-15(14)22-17/h1-9,13H,11H2,(H,19,21)/t13-/m0/s1. The maximum atomic E-state index is 12.3. The van der Waals surface area contributed by atoms with Gasteiger partial charge in [-0.1, -0.05) is 42.5 Å². The summed E-state index contributed by atoms with van der Waals surface area (Å²) in [6.07, 6.45) is 0. The van der Waals surface area contributed by atoms with Gasteiger partial charge in [0.25, 0.3) is 0 Å². The number of carbonyl (C=O) groups excluding carboxylic acids is 1. The van der Waals surface area contributed by atoms with E-state index in [0.717, 1.165) is 15.8 Å². The van der Waals surface area contributed by atoms with Crippen molar-refractivity contribution in [1.29, 1.82) is 5.26 Å². The molecule has 3 rings (SSSR count). The van der Waals surface area contributed by atoms with Gasteiger partial charge in [-0.3, -0.25) is 4.79 Å². The summed E-state index contributed by atoms with van der Waals surface area (Å²) in [5.41, 5.74) is 1.82. The fraction of sp³-hybridized carbons (Fsp3) is 0.118. The molecule has 0 saturated carbocycles. The number of benzene rings is 2. The minimum absolute atomic E-state index is 0.314. The van der Waals surface area contributed by atoms with Crippen LogP contribution in [0.15, 0.2) is 54.6 Å². The zero-order chi connectivity index (χ0) is 15.4. The number of carbonyl (C=O) groups is 1. The fourth-order valence-electron chi connectivity index (χ4n) is 2.13. The highest BCUT2D eigenvalue weighted by molar-refractivity contribution is 7.18. The van der Waals surface area contributed by atoms with E-state index in [2.05, 4.69) is 16.4 Å². The molecule has 0 bridgehead atoms. The van der Waals surface area contributed by atoms with Crippen molar-refractivity contribution >= 4 is 27.5 Å². The van der Waals surface area contributed by atoms with Gasteiger partial charge in [0.15, 0.2) is 5.92 Å². The normalized spacial score (nSPS) is 11.8. The van der Waals surface area contributed by atoms with Crippen LogP contribution >= 0.6 is 11.3 Å². The second-order valence-corrected chi connectivity index (χ2v) is 5.85. The Morgan fingerprint density at radius 3 is 2.64 bits per heavy atom. The largest absolute Gasteiger partial charge is 0.351 e. The van der Waals surface area contributed by atoms with Gasteiger partial charge in [0.05, 0.1) is 16.3 Å². The van der Waals surface area contributed by atoms with Crippen molar-refractivity contribution in [2.75, 3.05) is 0 Å². The summed E-state index contributed by atoms with van der Waals surface area (Å²) in [5, 5.41) is 12.7. The van der Waals surface area contributed by atoms with E-state index in [1.54, 1.807) is 0 Å². The number of hydrogen-bond acceptors (Lipinski definition) is 4. The van der Waals surface area contributed by atoms with Gasteiger partial charge < -0.3 is 5.32 Å². The summed E-state index contributed by atoms with van der Waals surface area (Å²) in [5.74, 6) is -1.19. The summed E-state index contributed by atoms with van der Waals surface area (Å²) in [4.78, 5) is 16.7. The number of hydrogen-bond donors (Lipinski definition) is 1. The van der Waals surface area contributed by atoms with E-state index >= 15 is 0 Å². The number of nitrogens with zero attached hydrogens (tertiary/aromatic N) is 2. The molecule has 0 saturated heterocycles. The molecular formula is C17H13N3OS. The molecule has 0 fully saturated rings. The van der Waals surface area contributed by atoms with E-state index in [9.17, 15) is 10.1 Å². The van der Waals surface area contributed by atoms with Crippen molar-refractivity contribution < 1.29 is 4.79 Å². The Morgan fingerprint density at radius 1 is 1.18 bits per heavy atom. The highest BCUT2D eigenvalue weighted by atomic mass is 32.1. The first-order valence-corrected chi connectivity index (χ1v) is 7.66. The number of fused-ring (bicyclic) bond motifs is 1. The Bertz CT molecular complexity index is 803. The summed E-state index contributed by atoms with van der Waals surface area (Å²) < 4.78 is 0.980. The highest BCUT2D eigenvalue weighted by Crippen LogP contribution is 2.27. The van der Waals surface area contributed by atoms with Crippen LogP contribution in [0.5, 0.6) is 0 Å². The van der Waals surface area contributed by atoms with Crippen molar-refractivity contribution in [1.82, 2.24) is 10.3 Å². The molecule has 0 spiro atoms. The van der Waals surface area contributed by atoms with Crippen LogP contribution in [0.4, 0.5) is 0 Å². The Hall–Kier alpha value is -2.71. The maximum absolute atomic E-state index is 12.3. The lowest BCUT2D eigenvalue weighted by Gasteiger charge is -2.08. The van der Waals surface area contributed by atoms with Crippen molar-refractivity contribution in [3.63, 3.8) is 0 Å². The minimum Gasteiger partial charge on any atom is -0.351 e. The molecular weight excluding hydrogens is 294 g/mol. The first-order chi connectivity index (χ1) is 10.8. The second-order valence-electron chi connectivity index (χ2n) is 4.79. The number of aromatic nitrogens is 1. The number of nitrogens with one attached hydrogen (secondary N) is 1. The van der Waals surface area contributed by atoms with Gasteiger partial charge in [0.1, 0.15) is 5.01 Å². The molecule has 0 aliphatic rings. The van der Waals surface area contributed by atoms with Gasteiger partial charge in [-0.05, 0) is 17.7 Å². The molecule has 1 aromatic heterocycles. The molecule has 1 N–H and O–H groups in total. The third-order valence-corrected chi connectivity index (χ3v) is 4.36. The molecule has 5 heteroatoms. The van der Waals surface area contributed by atoms with Crippen molar-refractivity contribution in [3.8, 4) is 6.07 Å². The molecule has 0 unspecified atom stereocenters. The van der Waals surface area contributed by atoms with Gasteiger partial charge in [-0.15, -0.1) is 11.3 Å². The number of nitriles is 1. The molecule has 3 aromatic rings. The number of amides is 1. The molecule has 0 aliphatic heterocycles. The quantitative estimate of drug-likeness (QED) is 0.805. The Balaban J connectivity index is 1.76. The predicted molar refractivity (Wildman–Crippen MR) is 86.3 cm³/mol. The van der Waals surface area contributed by atoms with Gasteiger partial charge in [-0.2, -0.15) is 5.26 Å². The zero-order valence-corrected chi connectivity index (χ0v) is 12.5. The molecule has 1 amide bonds. The third kappa shape index (κ3) is 2.97. The Kier molecular flexibility index (Phi) is 4.12. The van der Waals surface area contributed by atoms with E-state index in [0.29, 0.717) is 11.6 Å². The molecule has 0 radical (unpaired) electrons. The maximum Gasteiger partial charge on any atom is 0.244 e. The average Bonchev–Trinajstić information content (AvgIpc) is 2.98. The van der Waals surface area contributed by atoms with Crippen LogP contribution in [0.3, 0.4) is 0 Å². The van der Waals surface area contributed by atoms with Crippen LogP contribution in [0.25, 0.3) is 10.2 Å². The Morgan fingerprint density at radius 2 is 1.91 bits per heavy atom. The van der Waals surface area contributed by atoms with E-state index in [1.165, 1.54) is 11.3 Å². The molecule has 0 aliphatic carbocycles. The van der Waals surface area contributed by atoms with Crippen molar-refractivity contribution in [2.45, 2.75) is 12.5 Å². The topological polar surface area (TPSA) is 65.8 Å². The molecule has 108 valence electrons. The molecule has 1 heterocycles. The predicted octanol–water partition coefficient (Wildman–Crippen LogP) is 3.22. The van der Waals surface area contributed by atoms with Crippen LogP contribution in [0.1, 0.15) is 16.5 Å². The first-order valence-electron chi connectivity index (χ1n) is 6.84. The highest BCUT2D eigenvalue weighted by Gasteiger charge is 2.23. The number of rotatable bonds is 4. The van der Waals surface area contributed by atoms with Crippen molar-refractivity contribution in [3.05, 3.63) is 65.2 Å². The SMILES string of the molecule is N#C[C@@H](C(=O)NCc1ccccc1)c1nc2ccccc2s1. The summed E-state index contributed by atoms with van der Waals surface area (Å²) in [7, 11) is 0. The summed E-state index contributed by atoms with van der Waals surface area (Å²) in [6, 6.07) is 19.3. The molecule has 1 atom stereocenters. The van der Waals surface area contributed by atoms with Crippen molar-refractivity contribution in [2.24, 2.45) is 0 Å². The monoisotopic (exact) mass is 307 g/mol. The first kappa shape index (κ1) is 14.2. The third-order valence-electron chi connectivity index (χ3n) is 3.26. The molecule has 4 nitrogen and oxygen atoms in total. The summed E-state index contributed by atoms with van der Waals surface area (Å²) >= 11 is 1.39. The van der Waals surface area contributed by atoms with E-state index < -0.39 is 5.92 Å². The van der Waals surface area contributed by atoms with Gasteiger partial charge in [-0.25, -0.2) is 4.98 Å². The van der Waals surface area contributed by atoms with E-state index in [1.807, 2.05) is 54.6 Å². The van der Waals surface area contributed by atoms with Crippen LogP contribution in [0.2, 0.25) is 0 Å². The lowest BCUT2D eigenvalue weighted by atomic mass is 10.1. The molecule has 2 aromatic carbocycles. The van der Waals surface area contributed by atoms with Gasteiger partial charge in [0.2, 0.25) is 5.91 Å². The number of para-hydroxylation sites is 1. The Labute approximate surface area is 132 Å². The van der Waals surface area contributed by atoms with E-state index in [4.69, 9.17) is 0 Å². The minimum atomic E-state index is -0.874. The summed E-state index contributed by atoms with van der Waals surface area (Å²) in [6.45, 7) is 0.406. The van der Waals surface area contributed by atoms with E-state index in [-0.39, 0.29) is 5.91 Å². The number of thiazole rings is 1. The lowest BCUT2D eigenvalue weighted by molar-refractivity contribution is -0.121. The smallest absolute Gasteiger partial charge is 0.244 e. The lowest BCUT2D eigenvalue weighted by Crippen LogP contribution is -2.28. The van der Waals surface area contributed by atoms with Crippen LogP contribution < -0.4 is 5.32 Å². The van der Waals surface area contributed by atoms with Crippen LogP contribution in [-0.4, -0.2) is 10.9 Å². The van der Waals surface area contributed by atoms with Crippen LogP contribution in [0, 0.1) is 11.3 Å². The fourth-order valence-corrected chi connectivity index (χ4v) is 3.14. The molecule has 22 heavy (non-hydrogen) atoms. The zero-order valence-electron chi connectivity index (χ0n) is 11.7. The van der Waals surface area contributed by atoms with Crippen LogP contribution in [-0.2, 0) is 11.3 Å².